The third-order valence-electron chi connectivity index (χ3n) is 6.01. The summed E-state index contributed by atoms with van der Waals surface area (Å²) in [6.07, 6.45) is 5.28. The predicted molar refractivity (Wildman–Crippen MR) is 108 cm³/mol. The first kappa shape index (κ1) is 19.0. The Hall–Kier alpha value is -2.31. The molecule has 2 atom stereocenters. The topological polar surface area (TPSA) is 65.8 Å². The Bertz CT molecular complexity index is 897. The highest BCUT2D eigenvalue weighted by molar-refractivity contribution is 6.01. The number of furan rings is 1. The summed E-state index contributed by atoms with van der Waals surface area (Å²) in [5.41, 5.74) is 2.74. The largest absolute Gasteiger partial charge is 0.459 e. The molecule has 7 heteroatoms. The van der Waals surface area contributed by atoms with Crippen molar-refractivity contribution in [2.45, 2.75) is 44.3 Å². The highest BCUT2D eigenvalue weighted by Gasteiger charge is 2.34. The van der Waals surface area contributed by atoms with E-state index in [4.69, 9.17) is 4.42 Å². The Morgan fingerprint density at radius 2 is 1.96 bits per heavy atom. The van der Waals surface area contributed by atoms with E-state index in [9.17, 15) is 9.59 Å². The first-order valence-electron chi connectivity index (χ1n) is 9.69. The number of rotatable bonds is 3. The van der Waals surface area contributed by atoms with E-state index in [0.717, 1.165) is 42.7 Å². The van der Waals surface area contributed by atoms with Crippen molar-refractivity contribution in [3.8, 4) is 0 Å². The maximum Gasteiger partial charge on any atom is 0.289 e. The Balaban J connectivity index is 0.00000192. The lowest BCUT2D eigenvalue weighted by Crippen LogP contribution is -2.39. The fourth-order valence-electron chi connectivity index (χ4n) is 4.58. The molecule has 0 saturated carbocycles. The Kier molecular flexibility index (Phi) is 5.17. The summed E-state index contributed by atoms with van der Waals surface area (Å²) in [6, 6.07) is 10.5. The van der Waals surface area contributed by atoms with Gasteiger partial charge < -0.3 is 19.5 Å². The maximum absolute atomic E-state index is 13.1. The number of para-hydroxylation sites is 1. The molecule has 2 fully saturated rings. The first-order chi connectivity index (χ1) is 13.2. The highest BCUT2D eigenvalue weighted by Crippen LogP contribution is 2.31. The number of likely N-dealkylation sites (tertiary alicyclic amines) is 1. The number of hydrogen-bond acceptors (Lipinski definition) is 4. The molecule has 0 spiro atoms. The third kappa shape index (κ3) is 3.31. The molecule has 0 aliphatic carbocycles. The number of carbonyl (C=O) groups is 2. The van der Waals surface area contributed by atoms with Crippen molar-refractivity contribution >= 4 is 29.9 Å². The minimum atomic E-state index is -0.0655. The maximum atomic E-state index is 13.1. The van der Waals surface area contributed by atoms with Crippen molar-refractivity contribution < 1.29 is 14.0 Å². The van der Waals surface area contributed by atoms with Gasteiger partial charge in [-0.2, -0.15) is 0 Å². The van der Waals surface area contributed by atoms with E-state index in [1.165, 1.54) is 6.42 Å². The van der Waals surface area contributed by atoms with Crippen LogP contribution in [-0.2, 0) is 17.8 Å². The number of nitrogens with zero attached hydrogens (tertiary/aromatic N) is 2. The molecular weight excluding hydrogens is 378 g/mol. The highest BCUT2D eigenvalue weighted by atomic mass is 35.5. The molecule has 148 valence electrons. The van der Waals surface area contributed by atoms with Gasteiger partial charge in [-0.15, -0.1) is 12.4 Å². The van der Waals surface area contributed by atoms with E-state index >= 15 is 0 Å². The van der Waals surface area contributed by atoms with Gasteiger partial charge >= 0.3 is 0 Å². The standard InChI is InChI=1S/C21H23N3O3.ClH/c25-19-11-14-3-1-2-4-18(14)24(19)12-15-8-10-27-20(15)21(26)23-9-7-16-5-6-17(13-23)22-16;/h1-4,8,10,16-17,22H,5-7,9,11-13H2;1H. The Morgan fingerprint density at radius 1 is 1.14 bits per heavy atom. The summed E-state index contributed by atoms with van der Waals surface area (Å²) in [6.45, 7) is 1.84. The molecule has 2 unspecified atom stereocenters. The Labute approximate surface area is 170 Å². The number of hydrogen-bond donors (Lipinski definition) is 1. The number of nitrogens with one attached hydrogen (secondary N) is 1. The molecule has 2 bridgehead atoms. The summed E-state index contributed by atoms with van der Waals surface area (Å²) in [4.78, 5) is 29.2. The van der Waals surface area contributed by atoms with Crippen LogP contribution in [0.3, 0.4) is 0 Å². The van der Waals surface area contributed by atoms with E-state index in [1.807, 2.05) is 35.2 Å². The van der Waals surface area contributed by atoms with E-state index < -0.39 is 0 Å². The van der Waals surface area contributed by atoms with Crippen molar-refractivity contribution in [1.29, 1.82) is 0 Å². The van der Waals surface area contributed by atoms with Gasteiger partial charge in [0.05, 0.1) is 19.2 Å². The lowest BCUT2D eigenvalue weighted by atomic mass is 10.1. The number of fused-ring (bicyclic) bond motifs is 3. The van der Waals surface area contributed by atoms with E-state index in [-0.39, 0.29) is 24.2 Å². The fraction of sp³-hybridized carbons (Fsp3) is 0.429. The molecule has 2 saturated heterocycles. The zero-order valence-corrected chi connectivity index (χ0v) is 16.4. The summed E-state index contributed by atoms with van der Waals surface area (Å²) in [7, 11) is 0. The second kappa shape index (κ2) is 7.60. The smallest absolute Gasteiger partial charge is 0.289 e. The monoisotopic (exact) mass is 401 g/mol. The van der Waals surface area contributed by atoms with Gasteiger partial charge in [0.25, 0.3) is 5.91 Å². The molecule has 6 nitrogen and oxygen atoms in total. The van der Waals surface area contributed by atoms with Gasteiger partial charge in [0.15, 0.2) is 5.76 Å². The van der Waals surface area contributed by atoms with Crippen molar-refractivity contribution in [1.82, 2.24) is 10.2 Å². The number of carbonyl (C=O) groups excluding carboxylic acids is 2. The number of halogens is 1. The molecule has 1 aromatic carbocycles. The van der Waals surface area contributed by atoms with Crippen LogP contribution in [0.1, 0.15) is 40.9 Å². The van der Waals surface area contributed by atoms with E-state index in [2.05, 4.69) is 5.32 Å². The first-order valence-corrected chi connectivity index (χ1v) is 9.69. The van der Waals surface area contributed by atoms with Crippen LogP contribution in [0.2, 0.25) is 0 Å². The normalized spacial score (nSPS) is 23.4. The van der Waals surface area contributed by atoms with E-state index in [0.29, 0.717) is 30.8 Å². The van der Waals surface area contributed by atoms with Crippen molar-refractivity contribution in [2.75, 3.05) is 18.0 Å². The van der Waals surface area contributed by atoms with Crippen LogP contribution in [0, 0.1) is 0 Å². The third-order valence-corrected chi connectivity index (χ3v) is 6.01. The van der Waals surface area contributed by atoms with E-state index in [1.54, 1.807) is 11.2 Å². The van der Waals surface area contributed by atoms with Crippen LogP contribution in [-0.4, -0.2) is 41.9 Å². The summed E-state index contributed by atoms with van der Waals surface area (Å²) in [5.74, 6) is 0.362. The SMILES string of the molecule is Cl.O=C(c1occc1CN1C(=O)Cc2ccccc21)N1CCC2CCC(C1)N2. The van der Waals surface area contributed by atoms with Crippen LogP contribution in [0.5, 0.6) is 0 Å². The van der Waals surface area contributed by atoms with Crippen molar-refractivity contribution in [3.05, 3.63) is 53.5 Å². The summed E-state index contributed by atoms with van der Waals surface area (Å²) in [5, 5.41) is 3.60. The van der Waals surface area contributed by atoms with Crippen LogP contribution >= 0.6 is 12.4 Å². The zero-order chi connectivity index (χ0) is 18.4. The van der Waals surface area contributed by atoms with Crippen molar-refractivity contribution in [3.63, 3.8) is 0 Å². The van der Waals surface area contributed by atoms with Gasteiger partial charge in [0.1, 0.15) is 0 Å². The Morgan fingerprint density at radius 3 is 2.86 bits per heavy atom. The van der Waals surface area contributed by atoms with Crippen LogP contribution in [0.4, 0.5) is 5.69 Å². The lowest BCUT2D eigenvalue weighted by molar-refractivity contribution is -0.117. The van der Waals surface area contributed by atoms with Gasteiger partial charge in [0, 0.05) is 36.4 Å². The molecule has 1 aromatic heterocycles. The second-order valence-corrected chi connectivity index (χ2v) is 7.74. The molecule has 3 aliphatic rings. The molecular formula is C21H24ClN3O3. The predicted octanol–water partition coefficient (Wildman–Crippen LogP) is 2.76. The summed E-state index contributed by atoms with van der Waals surface area (Å²) >= 11 is 0. The van der Waals surface area contributed by atoms with Crippen LogP contribution < -0.4 is 10.2 Å². The number of amides is 2. The summed E-state index contributed by atoms with van der Waals surface area (Å²) < 4.78 is 5.58. The molecule has 3 aliphatic heterocycles. The molecule has 5 rings (SSSR count). The molecule has 2 aromatic rings. The van der Waals surface area contributed by atoms with Gasteiger partial charge in [0.2, 0.25) is 5.91 Å². The molecule has 1 N–H and O–H groups in total. The average molecular weight is 402 g/mol. The fourth-order valence-corrected chi connectivity index (χ4v) is 4.58. The molecule has 0 radical (unpaired) electrons. The number of benzene rings is 1. The van der Waals surface area contributed by atoms with Gasteiger partial charge in [-0.3, -0.25) is 9.59 Å². The average Bonchev–Trinajstić information content (AvgIpc) is 3.33. The van der Waals surface area contributed by atoms with Gasteiger partial charge in [-0.25, -0.2) is 0 Å². The molecule has 4 heterocycles. The van der Waals surface area contributed by atoms with Crippen LogP contribution in [0.15, 0.2) is 41.0 Å². The quantitative estimate of drug-likeness (QED) is 0.858. The lowest BCUT2D eigenvalue weighted by Gasteiger charge is -2.24. The molecule has 2 amide bonds. The second-order valence-electron chi connectivity index (χ2n) is 7.74. The van der Waals surface area contributed by atoms with Gasteiger partial charge in [-0.1, -0.05) is 18.2 Å². The molecule has 28 heavy (non-hydrogen) atoms. The zero-order valence-electron chi connectivity index (χ0n) is 15.6. The minimum Gasteiger partial charge on any atom is -0.459 e. The van der Waals surface area contributed by atoms with Gasteiger partial charge in [-0.05, 0) is 37.0 Å². The van der Waals surface area contributed by atoms with Crippen molar-refractivity contribution in [2.24, 2.45) is 0 Å². The minimum absolute atomic E-state index is 0. The van der Waals surface area contributed by atoms with Crippen LogP contribution in [0.25, 0.3) is 0 Å². The number of anilines is 1.